The van der Waals surface area contributed by atoms with Crippen LogP contribution in [0.15, 0.2) is 18.2 Å². The number of benzene rings is 1. The number of carbonyl (C=O) groups excluding carboxylic acids is 1. The Balaban J connectivity index is 2.10. The average molecular weight is 203 g/mol. The largest absolute Gasteiger partial charge is 0.508 e. The van der Waals surface area contributed by atoms with Crippen LogP contribution >= 0.6 is 0 Å². The van der Waals surface area contributed by atoms with Crippen molar-refractivity contribution in [1.29, 1.82) is 0 Å². The van der Waals surface area contributed by atoms with Crippen LogP contribution in [-0.2, 0) is 16.6 Å². The Labute approximate surface area is 88.1 Å². The van der Waals surface area contributed by atoms with Crippen LogP contribution in [0.1, 0.15) is 24.0 Å². The number of hydrogen-bond acceptors (Lipinski definition) is 2. The second-order valence-corrected chi connectivity index (χ2v) is 4.58. The quantitative estimate of drug-likeness (QED) is 0.663. The number of aryl methyl sites for hydroxylation is 1. The van der Waals surface area contributed by atoms with Gasteiger partial charge < -0.3 is 10.4 Å². The average Bonchev–Trinajstić information content (AvgIpc) is 2.74. The predicted molar refractivity (Wildman–Crippen MR) is 55.7 cm³/mol. The Morgan fingerprint density at radius 2 is 2.27 bits per heavy atom. The molecule has 1 spiro atoms. The van der Waals surface area contributed by atoms with Crippen LogP contribution < -0.4 is 5.32 Å². The van der Waals surface area contributed by atoms with Crippen LogP contribution in [0.5, 0.6) is 5.75 Å². The maximum atomic E-state index is 11.3. The maximum absolute atomic E-state index is 11.3. The van der Waals surface area contributed by atoms with Gasteiger partial charge in [0.05, 0.1) is 0 Å². The summed E-state index contributed by atoms with van der Waals surface area (Å²) >= 11 is 0. The minimum atomic E-state index is -0.0366. The molecular formula is C12H13NO2. The van der Waals surface area contributed by atoms with Crippen molar-refractivity contribution in [3.05, 3.63) is 29.3 Å². The molecule has 78 valence electrons. The van der Waals surface area contributed by atoms with Gasteiger partial charge >= 0.3 is 0 Å². The highest BCUT2D eigenvalue weighted by Gasteiger charge is 2.44. The first-order valence-electron chi connectivity index (χ1n) is 5.29. The first kappa shape index (κ1) is 8.77. The molecule has 0 aromatic heterocycles. The highest BCUT2D eigenvalue weighted by Crippen LogP contribution is 2.44. The summed E-state index contributed by atoms with van der Waals surface area (Å²) in [4.78, 5) is 11.3. The van der Waals surface area contributed by atoms with Crippen molar-refractivity contribution in [3.8, 4) is 5.75 Å². The molecule has 1 saturated heterocycles. The number of fused-ring (bicyclic) bond motifs is 2. The fraction of sp³-hybridized carbons (Fsp3) is 0.417. The van der Waals surface area contributed by atoms with E-state index in [9.17, 15) is 9.90 Å². The van der Waals surface area contributed by atoms with Gasteiger partial charge in [0.2, 0.25) is 5.91 Å². The Morgan fingerprint density at radius 3 is 3.00 bits per heavy atom. The molecule has 1 fully saturated rings. The van der Waals surface area contributed by atoms with E-state index in [0.29, 0.717) is 12.2 Å². The normalized spacial score (nSPS) is 28.1. The van der Waals surface area contributed by atoms with Crippen LogP contribution in [0.2, 0.25) is 0 Å². The number of rotatable bonds is 0. The molecule has 1 aromatic rings. The molecule has 15 heavy (non-hydrogen) atoms. The molecule has 0 saturated carbocycles. The Kier molecular flexibility index (Phi) is 1.61. The van der Waals surface area contributed by atoms with Gasteiger partial charge in [0.15, 0.2) is 0 Å². The lowest BCUT2D eigenvalue weighted by Gasteiger charge is -2.21. The fourth-order valence-electron chi connectivity index (χ4n) is 2.85. The van der Waals surface area contributed by atoms with E-state index >= 15 is 0 Å². The summed E-state index contributed by atoms with van der Waals surface area (Å²) in [6.07, 6.45) is 2.61. The van der Waals surface area contributed by atoms with Crippen molar-refractivity contribution in [2.45, 2.75) is 24.7 Å². The van der Waals surface area contributed by atoms with Crippen LogP contribution in [0.3, 0.4) is 0 Å². The lowest BCUT2D eigenvalue weighted by atomic mass is 9.81. The highest BCUT2D eigenvalue weighted by molar-refractivity contribution is 5.81. The Hall–Kier alpha value is -1.51. The number of carbonyl (C=O) groups is 1. The summed E-state index contributed by atoms with van der Waals surface area (Å²) in [6.45, 7) is 0.724. The molecule has 2 aliphatic rings. The zero-order chi connectivity index (χ0) is 10.5. The summed E-state index contributed by atoms with van der Waals surface area (Å²) in [7, 11) is 0. The Bertz CT molecular complexity index is 441. The minimum absolute atomic E-state index is 0.0366. The van der Waals surface area contributed by atoms with Gasteiger partial charge in [-0.3, -0.25) is 4.79 Å². The third-order valence-corrected chi connectivity index (χ3v) is 3.66. The molecule has 3 heteroatoms. The molecule has 1 unspecified atom stereocenters. The SMILES string of the molecule is O=C1CC2(CCc3ccc(O)cc32)CN1. The van der Waals surface area contributed by atoms with E-state index in [1.54, 1.807) is 6.07 Å². The third-order valence-electron chi connectivity index (χ3n) is 3.66. The Morgan fingerprint density at radius 1 is 1.40 bits per heavy atom. The number of amides is 1. The van der Waals surface area contributed by atoms with E-state index in [-0.39, 0.29) is 11.3 Å². The second kappa shape index (κ2) is 2.75. The molecule has 3 nitrogen and oxygen atoms in total. The molecular weight excluding hydrogens is 190 g/mol. The topological polar surface area (TPSA) is 49.3 Å². The van der Waals surface area contributed by atoms with Gasteiger partial charge in [-0.25, -0.2) is 0 Å². The highest BCUT2D eigenvalue weighted by atomic mass is 16.3. The van der Waals surface area contributed by atoms with Gasteiger partial charge in [-0.1, -0.05) is 6.07 Å². The summed E-state index contributed by atoms with van der Waals surface area (Å²) in [5, 5.41) is 12.4. The van der Waals surface area contributed by atoms with E-state index in [0.717, 1.165) is 19.4 Å². The second-order valence-electron chi connectivity index (χ2n) is 4.58. The number of phenols is 1. The number of hydrogen-bond donors (Lipinski definition) is 2. The third kappa shape index (κ3) is 1.16. The van der Waals surface area contributed by atoms with E-state index in [4.69, 9.17) is 0 Å². The van der Waals surface area contributed by atoms with E-state index in [1.165, 1.54) is 11.1 Å². The van der Waals surface area contributed by atoms with Crippen LogP contribution in [0.4, 0.5) is 0 Å². The number of nitrogens with one attached hydrogen (secondary N) is 1. The number of phenolic OH excluding ortho intramolecular Hbond substituents is 1. The summed E-state index contributed by atoms with van der Waals surface area (Å²) in [5.41, 5.74) is 2.41. The van der Waals surface area contributed by atoms with Crippen molar-refractivity contribution < 1.29 is 9.90 Å². The molecule has 1 aliphatic heterocycles. The van der Waals surface area contributed by atoms with Gasteiger partial charge in [0, 0.05) is 18.4 Å². The molecule has 1 aromatic carbocycles. The lowest BCUT2D eigenvalue weighted by Crippen LogP contribution is -2.25. The minimum Gasteiger partial charge on any atom is -0.508 e. The number of aromatic hydroxyl groups is 1. The summed E-state index contributed by atoms with van der Waals surface area (Å²) < 4.78 is 0. The van der Waals surface area contributed by atoms with Gasteiger partial charge in [-0.15, -0.1) is 0 Å². The monoisotopic (exact) mass is 203 g/mol. The first-order chi connectivity index (χ1) is 7.20. The molecule has 0 bridgehead atoms. The molecule has 2 N–H and O–H groups in total. The maximum Gasteiger partial charge on any atom is 0.220 e. The smallest absolute Gasteiger partial charge is 0.220 e. The van der Waals surface area contributed by atoms with E-state index in [2.05, 4.69) is 5.32 Å². The van der Waals surface area contributed by atoms with Crippen LogP contribution in [0, 0.1) is 0 Å². The zero-order valence-corrected chi connectivity index (χ0v) is 8.42. The molecule has 1 aliphatic carbocycles. The first-order valence-corrected chi connectivity index (χ1v) is 5.29. The molecule has 1 heterocycles. The van der Waals surface area contributed by atoms with Crippen molar-refractivity contribution in [2.75, 3.05) is 6.54 Å². The summed E-state index contributed by atoms with van der Waals surface area (Å²) in [5.74, 6) is 0.431. The molecule has 0 radical (unpaired) electrons. The molecule has 3 rings (SSSR count). The lowest BCUT2D eigenvalue weighted by molar-refractivity contribution is -0.119. The molecule has 1 atom stereocenters. The van der Waals surface area contributed by atoms with E-state index < -0.39 is 0 Å². The van der Waals surface area contributed by atoms with Gasteiger partial charge in [-0.2, -0.15) is 0 Å². The van der Waals surface area contributed by atoms with Crippen molar-refractivity contribution in [2.24, 2.45) is 0 Å². The molecule has 1 amide bonds. The zero-order valence-electron chi connectivity index (χ0n) is 8.42. The summed E-state index contributed by atoms with van der Waals surface area (Å²) in [6, 6.07) is 5.52. The van der Waals surface area contributed by atoms with Crippen molar-refractivity contribution >= 4 is 5.91 Å². The van der Waals surface area contributed by atoms with Gasteiger partial charge in [0.25, 0.3) is 0 Å². The van der Waals surface area contributed by atoms with Gasteiger partial charge in [0.1, 0.15) is 5.75 Å². The van der Waals surface area contributed by atoms with Crippen molar-refractivity contribution in [3.63, 3.8) is 0 Å². The predicted octanol–water partition coefficient (Wildman–Crippen LogP) is 1.10. The van der Waals surface area contributed by atoms with E-state index in [1.807, 2.05) is 12.1 Å². The standard InChI is InChI=1S/C12H13NO2/c14-9-2-1-8-3-4-12(10(8)5-9)6-11(15)13-7-12/h1-2,5,14H,3-4,6-7H2,(H,13,15). The van der Waals surface area contributed by atoms with Crippen molar-refractivity contribution in [1.82, 2.24) is 5.32 Å². The van der Waals surface area contributed by atoms with Crippen LogP contribution in [0.25, 0.3) is 0 Å². The fourth-order valence-corrected chi connectivity index (χ4v) is 2.85. The van der Waals surface area contributed by atoms with Gasteiger partial charge in [-0.05, 0) is 36.1 Å². The van der Waals surface area contributed by atoms with Crippen LogP contribution in [-0.4, -0.2) is 17.6 Å².